The molecule has 1 N–H and O–H groups in total. The molecule has 0 aromatic heterocycles. The Morgan fingerprint density at radius 2 is 0.917 bits per heavy atom. The van der Waals surface area contributed by atoms with Gasteiger partial charge in [0.1, 0.15) is 6.10 Å². The van der Waals surface area contributed by atoms with Gasteiger partial charge < -0.3 is 9.84 Å². The van der Waals surface area contributed by atoms with Crippen molar-refractivity contribution in [2.24, 2.45) is 23.7 Å². The quantitative estimate of drug-likeness (QED) is 0.117. The highest BCUT2D eigenvalue weighted by molar-refractivity contribution is 5.74. The first-order valence-corrected chi connectivity index (χ1v) is 15.7. The molecule has 1 unspecified atom stereocenters. The lowest BCUT2D eigenvalue weighted by atomic mass is 9.82. The van der Waals surface area contributed by atoms with Gasteiger partial charge in [-0.15, -0.1) is 0 Å². The van der Waals surface area contributed by atoms with Gasteiger partial charge in [-0.25, -0.2) is 0 Å². The summed E-state index contributed by atoms with van der Waals surface area (Å²) in [6, 6.07) is 0. The second kappa shape index (κ2) is 20.9. The van der Waals surface area contributed by atoms with Crippen LogP contribution in [-0.4, -0.2) is 23.1 Å². The highest BCUT2D eigenvalue weighted by Crippen LogP contribution is 2.30. The number of unbranched alkanes of at least 4 members (excludes halogenated alkanes) is 11. The van der Waals surface area contributed by atoms with Gasteiger partial charge in [-0.05, 0) is 63.2 Å². The van der Waals surface area contributed by atoms with Crippen molar-refractivity contribution in [1.82, 2.24) is 0 Å². The van der Waals surface area contributed by atoms with Gasteiger partial charge in [-0.2, -0.15) is 0 Å². The second-order valence-electron chi connectivity index (χ2n) is 12.5. The van der Waals surface area contributed by atoms with Crippen molar-refractivity contribution in [3.63, 3.8) is 0 Å². The number of hydrogen-bond acceptors (Lipinski definition) is 3. The van der Waals surface area contributed by atoms with Crippen LogP contribution in [0.4, 0.5) is 0 Å². The number of carbonyl (C=O) groups is 2. The van der Waals surface area contributed by atoms with E-state index >= 15 is 0 Å². The highest BCUT2D eigenvalue weighted by atomic mass is 16.5. The van der Waals surface area contributed by atoms with Crippen molar-refractivity contribution in [2.75, 3.05) is 0 Å². The fourth-order valence-corrected chi connectivity index (χ4v) is 5.54. The molecule has 1 atom stereocenters. The van der Waals surface area contributed by atoms with Crippen LogP contribution < -0.4 is 0 Å². The molecule has 0 radical (unpaired) electrons. The van der Waals surface area contributed by atoms with Gasteiger partial charge in [0, 0.05) is 0 Å². The summed E-state index contributed by atoms with van der Waals surface area (Å²) in [5, 5.41) is 9.23. The standard InChI is InChI=1S/C32H60O4/c1-26(2)18-14-10-7-5-6-8-12-16-20-30(21-17-13-9-11-15-19-27(3)4)36-32(35)29-24-22-28(23-25-29)31(33)34/h26-30H,5-25H2,1-4H3,(H,33,34). The van der Waals surface area contributed by atoms with Crippen LogP contribution in [0.2, 0.25) is 0 Å². The summed E-state index contributed by atoms with van der Waals surface area (Å²) in [6.07, 6.45) is 24.0. The predicted octanol–water partition coefficient (Wildman–Crippen LogP) is 9.73. The lowest BCUT2D eigenvalue weighted by Crippen LogP contribution is -2.29. The van der Waals surface area contributed by atoms with Crippen molar-refractivity contribution in [2.45, 2.75) is 169 Å². The normalized spacial score (nSPS) is 19.1. The summed E-state index contributed by atoms with van der Waals surface area (Å²) in [4.78, 5) is 24.1. The first-order valence-electron chi connectivity index (χ1n) is 15.7. The Labute approximate surface area is 223 Å². The first kappa shape index (κ1) is 33.0. The Bertz CT molecular complexity index is 548. The number of ether oxygens (including phenoxy) is 1. The predicted molar refractivity (Wildman–Crippen MR) is 151 cm³/mol. The van der Waals surface area contributed by atoms with Crippen LogP contribution in [0, 0.1) is 23.7 Å². The van der Waals surface area contributed by atoms with Gasteiger partial charge in [0.2, 0.25) is 0 Å². The van der Waals surface area contributed by atoms with Gasteiger partial charge >= 0.3 is 11.9 Å². The zero-order chi connectivity index (χ0) is 26.6. The number of hydrogen-bond donors (Lipinski definition) is 1. The molecule has 0 heterocycles. The number of esters is 1. The van der Waals surface area contributed by atoms with Gasteiger partial charge in [0.15, 0.2) is 0 Å². The zero-order valence-corrected chi connectivity index (χ0v) is 24.4. The molecule has 4 nitrogen and oxygen atoms in total. The van der Waals surface area contributed by atoms with Crippen LogP contribution in [0.25, 0.3) is 0 Å². The smallest absolute Gasteiger partial charge is 0.309 e. The van der Waals surface area contributed by atoms with E-state index < -0.39 is 5.97 Å². The average molecular weight is 509 g/mol. The molecule has 0 saturated heterocycles. The third-order valence-electron chi connectivity index (χ3n) is 8.06. The molecule has 212 valence electrons. The largest absolute Gasteiger partial charge is 0.481 e. The molecule has 0 bridgehead atoms. The third kappa shape index (κ3) is 17.4. The Balaban J connectivity index is 2.29. The fourth-order valence-electron chi connectivity index (χ4n) is 5.54. The minimum absolute atomic E-state index is 0.0430. The Hall–Kier alpha value is -1.06. The topological polar surface area (TPSA) is 63.6 Å². The van der Waals surface area contributed by atoms with Crippen LogP contribution in [0.1, 0.15) is 163 Å². The minimum atomic E-state index is -0.719. The van der Waals surface area contributed by atoms with Crippen molar-refractivity contribution in [1.29, 1.82) is 0 Å². The van der Waals surface area contributed by atoms with E-state index in [-0.39, 0.29) is 23.9 Å². The molecule has 36 heavy (non-hydrogen) atoms. The van der Waals surface area contributed by atoms with Gasteiger partial charge in [0.25, 0.3) is 0 Å². The second-order valence-corrected chi connectivity index (χ2v) is 12.5. The van der Waals surface area contributed by atoms with E-state index in [9.17, 15) is 14.7 Å². The Morgan fingerprint density at radius 1 is 0.583 bits per heavy atom. The molecule has 0 aromatic carbocycles. The minimum Gasteiger partial charge on any atom is -0.481 e. The maximum atomic E-state index is 12.9. The van der Waals surface area contributed by atoms with Gasteiger partial charge in [0.05, 0.1) is 11.8 Å². The number of rotatable bonds is 22. The molecular formula is C32H60O4. The summed E-state index contributed by atoms with van der Waals surface area (Å²) in [5.74, 6) is 0.456. The number of carboxylic acid groups (broad SMARTS) is 1. The van der Waals surface area contributed by atoms with Crippen molar-refractivity contribution < 1.29 is 19.4 Å². The molecular weight excluding hydrogens is 448 g/mol. The van der Waals surface area contributed by atoms with Crippen LogP contribution in [0.5, 0.6) is 0 Å². The average Bonchev–Trinajstić information content (AvgIpc) is 2.83. The van der Waals surface area contributed by atoms with E-state index in [1.807, 2.05) is 0 Å². The molecule has 1 rings (SSSR count). The first-order chi connectivity index (χ1) is 17.3. The molecule has 1 saturated carbocycles. The Morgan fingerprint density at radius 3 is 1.28 bits per heavy atom. The molecule has 0 amide bonds. The van der Waals surface area contributed by atoms with Crippen LogP contribution in [0.3, 0.4) is 0 Å². The van der Waals surface area contributed by atoms with Crippen LogP contribution in [-0.2, 0) is 14.3 Å². The summed E-state index contributed by atoms with van der Waals surface area (Å²) in [6.45, 7) is 9.20. The monoisotopic (exact) mass is 508 g/mol. The SMILES string of the molecule is CC(C)CCCCCCCCCCC(CCCCCCCC(C)C)OC(=O)C1CCC(C(=O)O)CC1. The summed E-state index contributed by atoms with van der Waals surface area (Å²) < 4.78 is 6.05. The lowest BCUT2D eigenvalue weighted by molar-refractivity contribution is -0.158. The zero-order valence-electron chi connectivity index (χ0n) is 24.4. The maximum Gasteiger partial charge on any atom is 0.309 e. The van der Waals surface area contributed by atoms with Crippen molar-refractivity contribution >= 4 is 11.9 Å². The van der Waals surface area contributed by atoms with Crippen LogP contribution in [0.15, 0.2) is 0 Å². The molecule has 1 aliphatic rings. The summed E-state index contributed by atoms with van der Waals surface area (Å²) >= 11 is 0. The summed E-state index contributed by atoms with van der Waals surface area (Å²) in [7, 11) is 0. The van der Waals surface area contributed by atoms with Crippen LogP contribution >= 0.6 is 0 Å². The van der Waals surface area contributed by atoms with Crippen molar-refractivity contribution in [3.05, 3.63) is 0 Å². The third-order valence-corrected chi connectivity index (χ3v) is 8.06. The van der Waals surface area contributed by atoms with Gasteiger partial charge in [-0.1, -0.05) is 111 Å². The van der Waals surface area contributed by atoms with E-state index in [1.54, 1.807) is 0 Å². The molecule has 1 aliphatic carbocycles. The van der Waals surface area contributed by atoms with E-state index in [1.165, 1.54) is 83.5 Å². The molecule has 0 aliphatic heterocycles. The van der Waals surface area contributed by atoms with E-state index in [0.717, 1.165) is 37.5 Å². The number of aliphatic carboxylic acids is 1. The fraction of sp³-hybridized carbons (Fsp3) is 0.938. The summed E-state index contributed by atoms with van der Waals surface area (Å²) in [5.41, 5.74) is 0. The Kier molecular flexibility index (Phi) is 19.2. The molecule has 0 spiro atoms. The maximum absolute atomic E-state index is 12.9. The molecule has 4 heteroatoms. The van der Waals surface area contributed by atoms with Crippen molar-refractivity contribution in [3.8, 4) is 0 Å². The van der Waals surface area contributed by atoms with E-state index in [0.29, 0.717) is 25.7 Å². The van der Waals surface area contributed by atoms with Gasteiger partial charge in [-0.3, -0.25) is 9.59 Å². The highest BCUT2D eigenvalue weighted by Gasteiger charge is 2.31. The van der Waals surface area contributed by atoms with E-state index in [2.05, 4.69) is 27.7 Å². The number of carbonyl (C=O) groups excluding carboxylic acids is 1. The molecule has 1 fully saturated rings. The molecule has 0 aromatic rings. The lowest BCUT2D eigenvalue weighted by Gasteiger charge is -2.27. The van der Waals surface area contributed by atoms with E-state index in [4.69, 9.17) is 4.74 Å². The number of carboxylic acids is 1.